The number of rotatable bonds is 1. The first-order valence-electron chi connectivity index (χ1n) is 5.38. The van der Waals surface area contributed by atoms with Crippen LogP contribution in [0.25, 0.3) is 0 Å². The molecule has 0 bridgehead atoms. The fourth-order valence-electron chi connectivity index (χ4n) is 1.58. The van der Waals surface area contributed by atoms with Crippen molar-refractivity contribution in [2.24, 2.45) is 0 Å². The number of phenols is 1. The minimum absolute atomic E-state index is 0.0113. The number of phenolic OH excluding ortho intramolecular Hbond substituents is 1. The van der Waals surface area contributed by atoms with Crippen LogP contribution < -0.4 is 0 Å². The third kappa shape index (κ3) is 2.64. The molecule has 17 heavy (non-hydrogen) atoms. The van der Waals surface area contributed by atoms with Gasteiger partial charge in [0, 0.05) is 5.57 Å². The zero-order chi connectivity index (χ0) is 12.3. The Hall–Kier alpha value is -2.27. The van der Waals surface area contributed by atoms with Crippen molar-refractivity contribution in [2.75, 3.05) is 0 Å². The van der Waals surface area contributed by atoms with Crippen LogP contribution in [0, 0.1) is 18.8 Å². The monoisotopic (exact) mass is 224 g/mol. The van der Waals surface area contributed by atoms with E-state index in [2.05, 4.69) is 11.8 Å². The normalized spacial score (nSPS) is 12.9. The highest BCUT2D eigenvalue weighted by Crippen LogP contribution is 2.18. The Morgan fingerprint density at radius 1 is 1.41 bits per heavy atom. The molecule has 1 aliphatic carbocycles. The molecule has 0 spiro atoms. The smallest absolute Gasteiger partial charge is 0.239 e. The van der Waals surface area contributed by atoms with Crippen molar-refractivity contribution in [1.29, 1.82) is 0 Å². The molecule has 84 valence electrons. The molecule has 2 rings (SSSR count). The molecule has 1 N–H and O–H groups in total. The van der Waals surface area contributed by atoms with Crippen molar-refractivity contribution in [1.82, 2.24) is 0 Å². The Kier molecular flexibility index (Phi) is 3.11. The molecule has 0 aromatic heterocycles. The van der Waals surface area contributed by atoms with Crippen LogP contribution in [-0.4, -0.2) is 10.9 Å². The predicted molar refractivity (Wildman–Crippen MR) is 66.8 cm³/mol. The minimum Gasteiger partial charge on any atom is -0.507 e. The van der Waals surface area contributed by atoms with Crippen LogP contribution in [0.4, 0.5) is 0 Å². The van der Waals surface area contributed by atoms with Gasteiger partial charge in [-0.1, -0.05) is 30.2 Å². The number of aromatic hydroxyl groups is 1. The molecule has 0 atom stereocenters. The fourth-order valence-corrected chi connectivity index (χ4v) is 1.58. The van der Waals surface area contributed by atoms with E-state index in [1.54, 1.807) is 18.2 Å². The lowest BCUT2D eigenvalue weighted by molar-refractivity contribution is 0.105. The van der Waals surface area contributed by atoms with Gasteiger partial charge in [-0.25, -0.2) is 0 Å². The molecule has 1 aromatic carbocycles. The van der Waals surface area contributed by atoms with Crippen molar-refractivity contribution < 1.29 is 9.90 Å². The average Bonchev–Trinajstić information content (AvgIpc) is 2.78. The quantitative estimate of drug-likeness (QED) is 0.452. The topological polar surface area (TPSA) is 37.3 Å². The van der Waals surface area contributed by atoms with E-state index in [4.69, 9.17) is 0 Å². The summed E-state index contributed by atoms with van der Waals surface area (Å²) in [5.74, 6) is 4.99. The Balaban J connectivity index is 2.20. The van der Waals surface area contributed by atoms with E-state index in [1.165, 1.54) is 0 Å². The maximum atomic E-state index is 11.8. The molecule has 0 unspecified atom stereocenters. The molecule has 1 aliphatic rings. The first-order chi connectivity index (χ1) is 8.16. The largest absolute Gasteiger partial charge is 0.507 e. The van der Waals surface area contributed by atoms with Gasteiger partial charge in [0.05, 0.1) is 5.56 Å². The van der Waals surface area contributed by atoms with Gasteiger partial charge in [-0.05, 0) is 37.0 Å². The van der Waals surface area contributed by atoms with Gasteiger partial charge in [-0.2, -0.15) is 0 Å². The highest BCUT2D eigenvalue weighted by Gasteiger charge is 2.08. The third-order valence-electron chi connectivity index (χ3n) is 2.51. The number of allylic oxidation sites excluding steroid dienone is 4. The van der Waals surface area contributed by atoms with Gasteiger partial charge in [0.2, 0.25) is 5.78 Å². The van der Waals surface area contributed by atoms with E-state index in [0.717, 1.165) is 17.6 Å². The molecule has 0 saturated carbocycles. The first kappa shape index (κ1) is 11.2. The SMILES string of the molecule is Cc1ccc(C(=O)C#CC2=CC=CC2)c(O)c1. The molecule has 0 radical (unpaired) electrons. The molecule has 0 saturated heterocycles. The summed E-state index contributed by atoms with van der Waals surface area (Å²) in [5.41, 5.74) is 2.09. The van der Waals surface area contributed by atoms with Gasteiger partial charge in [0.25, 0.3) is 0 Å². The molecule has 0 aliphatic heterocycles. The summed E-state index contributed by atoms with van der Waals surface area (Å²) in [6.45, 7) is 1.86. The zero-order valence-corrected chi connectivity index (χ0v) is 9.53. The summed E-state index contributed by atoms with van der Waals surface area (Å²) in [5, 5.41) is 9.64. The molecule has 0 amide bonds. The number of ketones is 1. The Morgan fingerprint density at radius 3 is 2.88 bits per heavy atom. The van der Waals surface area contributed by atoms with Crippen molar-refractivity contribution in [2.45, 2.75) is 13.3 Å². The van der Waals surface area contributed by atoms with Gasteiger partial charge in [-0.3, -0.25) is 4.79 Å². The van der Waals surface area contributed by atoms with E-state index in [9.17, 15) is 9.90 Å². The summed E-state index contributed by atoms with van der Waals surface area (Å²) in [7, 11) is 0. The van der Waals surface area contributed by atoms with Crippen LogP contribution in [0.3, 0.4) is 0 Å². The van der Waals surface area contributed by atoms with Gasteiger partial charge in [0.15, 0.2) is 0 Å². The highest BCUT2D eigenvalue weighted by molar-refractivity contribution is 6.11. The predicted octanol–water partition coefficient (Wildman–Crippen LogP) is 2.77. The van der Waals surface area contributed by atoms with E-state index < -0.39 is 0 Å². The van der Waals surface area contributed by atoms with Gasteiger partial charge >= 0.3 is 0 Å². The van der Waals surface area contributed by atoms with E-state index in [1.807, 2.05) is 25.2 Å². The summed E-state index contributed by atoms with van der Waals surface area (Å²) in [6.07, 6.45) is 6.56. The van der Waals surface area contributed by atoms with E-state index in [0.29, 0.717) is 0 Å². The van der Waals surface area contributed by atoms with Gasteiger partial charge in [0.1, 0.15) is 5.75 Å². The third-order valence-corrected chi connectivity index (χ3v) is 2.51. The summed E-state index contributed by atoms with van der Waals surface area (Å²) >= 11 is 0. The summed E-state index contributed by atoms with van der Waals surface area (Å²) < 4.78 is 0. The van der Waals surface area contributed by atoms with Crippen LogP contribution in [0.1, 0.15) is 22.3 Å². The Bertz CT molecular complexity index is 581. The standard InChI is InChI=1S/C15H12O2/c1-11-6-8-13(15(17)10-11)14(16)9-7-12-4-2-3-5-12/h2-4,6,8,10,17H,5H2,1H3. The van der Waals surface area contributed by atoms with Crippen LogP contribution in [0.5, 0.6) is 5.75 Å². The summed E-state index contributed by atoms with van der Waals surface area (Å²) in [4.78, 5) is 11.8. The summed E-state index contributed by atoms with van der Waals surface area (Å²) in [6, 6.07) is 4.94. The molecule has 2 nitrogen and oxygen atoms in total. The van der Waals surface area contributed by atoms with E-state index in [-0.39, 0.29) is 17.1 Å². The van der Waals surface area contributed by atoms with Crippen molar-refractivity contribution in [3.63, 3.8) is 0 Å². The Labute approximate surface area is 100 Å². The van der Waals surface area contributed by atoms with Crippen molar-refractivity contribution in [3.8, 4) is 17.6 Å². The number of carbonyl (C=O) groups excluding carboxylic acids is 1. The first-order valence-corrected chi connectivity index (χ1v) is 5.38. The number of Topliss-reactive ketones (excluding diaryl/α,β-unsaturated/α-hetero) is 1. The lowest BCUT2D eigenvalue weighted by Crippen LogP contribution is -1.96. The fraction of sp³-hybridized carbons (Fsp3) is 0.133. The van der Waals surface area contributed by atoms with Crippen LogP contribution >= 0.6 is 0 Å². The van der Waals surface area contributed by atoms with Crippen LogP contribution in [0.15, 0.2) is 42.0 Å². The van der Waals surface area contributed by atoms with Crippen LogP contribution in [0.2, 0.25) is 0 Å². The number of benzene rings is 1. The van der Waals surface area contributed by atoms with Crippen molar-refractivity contribution >= 4 is 5.78 Å². The minimum atomic E-state index is -0.352. The molecular formula is C15H12O2. The van der Waals surface area contributed by atoms with Gasteiger partial charge in [-0.15, -0.1) is 0 Å². The molecule has 0 heterocycles. The number of hydrogen-bond donors (Lipinski definition) is 1. The lowest BCUT2D eigenvalue weighted by atomic mass is 10.1. The Morgan fingerprint density at radius 2 is 2.24 bits per heavy atom. The number of carbonyl (C=O) groups is 1. The second kappa shape index (κ2) is 4.71. The molecular weight excluding hydrogens is 212 g/mol. The maximum absolute atomic E-state index is 11.8. The second-order valence-electron chi connectivity index (χ2n) is 3.92. The molecule has 2 heteroatoms. The van der Waals surface area contributed by atoms with E-state index >= 15 is 0 Å². The van der Waals surface area contributed by atoms with Gasteiger partial charge < -0.3 is 5.11 Å². The second-order valence-corrected chi connectivity index (χ2v) is 3.92. The average molecular weight is 224 g/mol. The molecule has 1 aromatic rings. The highest BCUT2D eigenvalue weighted by atomic mass is 16.3. The zero-order valence-electron chi connectivity index (χ0n) is 9.53. The maximum Gasteiger partial charge on any atom is 0.239 e. The molecule has 0 fully saturated rings. The van der Waals surface area contributed by atoms with Crippen LogP contribution in [-0.2, 0) is 0 Å². The number of hydrogen-bond acceptors (Lipinski definition) is 2. The number of aryl methyl sites for hydroxylation is 1. The lowest BCUT2D eigenvalue weighted by Gasteiger charge is -1.99. The van der Waals surface area contributed by atoms with Crippen molar-refractivity contribution in [3.05, 3.63) is 53.1 Å².